The fraction of sp³-hybridized carbons (Fsp3) is 0.895. The first-order valence-electron chi connectivity index (χ1n) is 9.43. The summed E-state index contributed by atoms with van der Waals surface area (Å²) < 4.78 is 5.63. The Kier molecular flexibility index (Phi) is 10.2. The van der Waals surface area contributed by atoms with Gasteiger partial charge in [0.05, 0.1) is 6.61 Å². The molecule has 0 heterocycles. The minimum absolute atomic E-state index is 0.00408. The maximum Gasteiger partial charge on any atom is 0.222 e. The first-order chi connectivity index (χ1) is 11.4. The van der Waals surface area contributed by atoms with E-state index >= 15 is 0 Å². The number of hydrogen-bond donors (Lipinski definition) is 2. The number of carbonyl (C=O) groups is 2. The van der Waals surface area contributed by atoms with Crippen LogP contribution >= 0.6 is 0 Å². The molecule has 0 spiro atoms. The summed E-state index contributed by atoms with van der Waals surface area (Å²) in [6, 6.07) is 0. The van der Waals surface area contributed by atoms with Crippen LogP contribution in [0.3, 0.4) is 0 Å². The molecule has 0 saturated heterocycles. The lowest BCUT2D eigenvalue weighted by Gasteiger charge is -2.26. The van der Waals surface area contributed by atoms with Crippen molar-refractivity contribution in [2.45, 2.75) is 59.3 Å². The molecule has 24 heavy (non-hydrogen) atoms. The van der Waals surface area contributed by atoms with E-state index in [9.17, 15) is 9.59 Å². The summed E-state index contributed by atoms with van der Waals surface area (Å²) in [5.74, 6) is 1.33. The number of hydrogen-bond acceptors (Lipinski definition) is 4. The summed E-state index contributed by atoms with van der Waals surface area (Å²) >= 11 is 0. The smallest absolute Gasteiger partial charge is 0.222 e. The van der Waals surface area contributed by atoms with E-state index in [0.29, 0.717) is 51.0 Å². The molecule has 0 unspecified atom stereocenters. The summed E-state index contributed by atoms with van der Waals surface area (Å²) in [4.78, 5) is 23.5. The monoisotopic (exact) mass is 341 g/mol. The molecule has 1 rings (SSSR count). The van der Waals surface area contributed by atoms with Crippen LogP contribution in [0.15, 0.2) is 0 Å². The molecule has 2 N–H and O–H groups in total. The zero-order valence-electron chi connectivity index (χ0n) is 15.6. The second kappa shape index (κ2) is 11.6. The van der Waals surface area contributed by atoms with Crippen molar-refractivity contribution in [3.63, 3.8) is 0 Å². The molecule has 0 aromatic carbocycles. The highest BCUT2D eigenvalue weighted by atomic mass is 16.5. The van der Waals surface area contributed by atoms with Gasteiger partial charge in [0.15, 0.2) is 0 Å². The van der Waals surface area contributed by atoms with E-state index in [-0.39, 0.29) is 23.5 Å². The molecule has 1 amide bonds. The first-order valence-corrected chi connectivity index (χ1v) is 9.43. The Balaban J connectivity index is 2.01. The third-order valence-electron chi connectivity index (χ3n) is 5.01. The highest BCUT2D eigenvalue weighted by molar-refractivity contribution is 5.82. The lowest BCUT2D eigenvalue weighted by atomic mass is 9.83. The van der Waals surface area contributed by atoms with Crippen molar-refractivity contribution in [1.82, 2.24) is 5.32 Å². The van der Waals surface area contributed by atoms with Crippen LogP contribution in [-0.4, -0.2) is 43.2 Å². The Morgan fingerprint density at radius 3 is 2.33 bits per heavy atom. The van der Waals surface area contributed by atoms with Crippen LogP contribution in [0.1, 0.15) is 59.3 Å². The normalized spacial score (nSPS) is 22.4. The molecule has 0 aromatic heterocycles. The number of Topliss-reactive ketones (excluding diaryl/α,β-unsaturated/α-hetero) is 1. The summed E-state index contributed by atoms with van der Waals surface area (Å²) in [7, 11) is 0. The minimum atomic E-state index is -0.0109. The number of rotatable bonds is 11. The van der Waals surface area contributed by atoms with Gasteiger partial charge in [0, 0.05) is 38.0 Å². The third kappa shape index (κ3) is 8.25. The van der Waals surface area contributed by atoms with Crippen LogP contribution in [0.4, 0.5) is 0 Å². The Morgan fingerprint density at radius 1 is 1.12 bits per heavy atom. The van der Waals surface area contributed by atoms with Crippen molar-refractivity contribution in [1.29, 1.82) is 0 Å². The van der Waals surface area contributed by atoms with Gasteiger partial charge >= 0.3 is 0 Å². The minimum Gasteiger partial charge on any atom is -0.396 e. The molecular weight excluding hydrogens is 306 g/mol. The Morgan fingerprint density at radius 2 is 1.75 bits per heavy atom. The van der Waals surface area contributed by atoms with Crippen molar-refractivity contribution >= 4 is 11.7 Å². The Hall–Kier alpha value is -0.940. The maximum atomic E-state index is 11.8. The van der Waals surface area contributed by atoms with Gasteiger partial charge in [-0.2, -0.15) is 0 Å². The van der Waals surface area contributed by atoms with Crippen molar-refractivity contribution in [3.05, 3.63) is 0 Å². The Labute approximate surface area is 146 Å². The summed E-state index contributed by atoms with van der Waals surface area (Å²) in [5, 5.41) is 12.0. The van der Waals surface area contributed by atoms with Crippen molar-refractivity contribution < 1.29 is 19.4 Å². The molecule has 0 radical (unpaired) electrons. The first kappa shape index (κ1) is 21.1. The molecule has 0 aromatic rings. The quantitative estimate of drug-likeness (QED) is 0.566. The van der Waals surface area contributed by atoms with Crippen LogP contribution in [0.25, 0.3) is 0 Å². The van der Waals surface area contributed by atoms with Crippen LogP contribution in [0.2, 0.25) is 0 Å². The molecule has 0 aliphatic heterocycles. The second-order valence-corrected chi connectivity index (χ2v) is 7.49. The third-order valence-corrected chi connectivity index (χ3v) is 5.01. The average molecular weight is 341 g/mol. The van der Waals surface area contributed by atoms with Crippen LogP contribution in [-0.2, 0) is 14.3 Å². The molecule has 1 aliphatic carbocycles. The molecule has 1 atom stereocenters. The SMILES string of the molecule is CC(C)C(=O)[C@H](C)CCNC(=O)CCOCC1CCC(CO)CC1. The van der Waals surface area contributed by atoms with Crippen molar-refractivity contribution in [2.24, 2.45) is 23.7 Å². The number of aliphatic hydroxyl groups is 1. The van der Waals surface area contributed by atoms with Gasteiger partial charge < -0.3 is 15.2 Å². The largest absolute Gasteiger partial charge is 0.396 e. The second-order valence-electron chi connectivity index (χ2n) is 7.49. The number of ketones is 1. The topological polar surface area (TPSA) is 75.6 Å². The molecule has 1 aliphatic rings. The van der Waals surface area contributed by atoms with E-state index in [2.05, 4.69) is 5.32 Å². The van der Waals surface area contributed by atoms with E-state index in [1.54, 1.807) is 0 Å². The van der Waals surface area contributed by atoms with Gasteiger partial charge in [-0.15, -0.1) is 0 Å². The molecule has 0 bridgehead atoms. The number of aliphatic hydroxyl groups excluding tert-OH is 1. The molecule has 1 fully saturated rings. The fourth-order valence-electron chi connectivity index (χ4n) is 3.22. The number of amides is 1. The van der Waals surface area contributed by atoms with Crippen LogP contribution in [0.5, 0.6) is 0 Å². The summed E-state index contributed by atoms with van der Waals surface area (Å²) in [6.45, 7) is 7.75. The van der Waals surface area contributed by atoms with E-state index in [1.807, 2.05) is 20.8 Å². The average Bonchev–Trinajstić information content (AvgIpc) is 2.58. The molecule has 140 valence electrons. The molecule has 1 saturated carbocycles. The summed E-state index contributed by atoms with van der Waals surface area (Å²) in [5.41, 5.74) is 0. The molecular formula is C19H35NO4. The zero-order chi connectivity index (χ0) is 17.9. The van der Waals surface area contributed by atoms with E-state index < -0.39 is 0 Å². The zero-order valence-corrected chi connectivity index (χ0v) is 15.6. The predicted molar refractivity (Wildman–Crippen MR) is 94.6 cm³/mol. The van der Waals surface area contributed by atoms with Gasteiger partial charge in [0.1, 0.15) is 5.78 Å². The van der Waals surface area contributed by atoms with Crippen LogP contribution < -0.4 is 5.32 Å². The van der Waals surface area contributed by atoms with E-state index in [1.165, 1.54) is 0 Å². The van der Waals surface area contributed by atoms with Gasteiger partial charge in [0.2, 0.25) is 5.91 Å². The van der Waals surface area contributed by atoms with Gasteiger partial charge in [-0.3, -0.25) is 9.59 Å². The van der Waals surface area contributed by atoms with E-state index in [0.717, 1.165) is 25.7 Å². The molecule has 5 heteroatoms. The van der Waals surface area contributed by atoms with Gasteiger partial charge in [0.25, 0.3) is 0 Å². The highest BCUT2D eigenvalue weighted by Gasteiger charge is 2.20. The van der Waals surface area contributed by atoms with Gasteiger partial charge in [-0.1, -0.05) is 20.8 Å². The number of nitrogens with one attached hydrogen (secondary N) is 1. The van der Waals surface area contributed by atoms with Gasteiger partial charge in [-0.05, 0) is 43.9 Å². The number of carbonyl (C=O) groups excluding carboxylic acids is 2. The predicted octanol–water partition coefficient (Wildman–Crippen LogP) is 2.56. The summed E-state index contributed by atoms with van der Waals surface area (Å²) in [6.07, 6.45) is 5.45. The molecule has 5 nitrogen and oxygen atoms in total. The standard InChI is InChI=1S/C19H35NO4/c1-14(2)19(23)15(3)8-10-20-18(22)9-11-24-13-17-6-4-16(12-21)5-7-17/h14-17,21H,4-13H2,1-3H3,(H,20,22)/t15-,16?,17?/m1/s1. The highest BCUT2D eigenvalue weighted by Crippen LogP contribution is 2.28. The van der Waals surface area contributed by atoms with Gasteiger partial charge in [-0.25, -0.2) is 0 Å². The van der Waals surface area contributed by atoms with Crippen molar-refractivity contribution in [2.75, 3.05) is 26.4 Å². The van der Waals surface area contributed by atoms with Crippen LogP contribution in [0, 0.1) is 23.7 Å². The number of ether oxygens (including phenoxy) is 1. The van der Waals surface area contributed by atoms with Crippen molar-refractivity contribution in [3.8, 4) is 0 Å². The van der Waals surface area contributed by atoms with E-state index in [4.69, 9.17) is 9.84 Å². The lowest BCUT2D eigenvalue weighted by Crippen LogP contribution is -2.29. The maximum absolute atomic E-state index is 11.8. The Bertz CT molecular complexity index is 376. The lowest BCUT2D eigenvalue weighted by molar-refractivity contribution is -0.126. The fourth-order valence-corrected chi connectivity index (χ4v) is 3.22.